The lowest BCUT2D eigenvalue weighted by Gasteiger charge is -2.17. The highest BCUT2D eigenvalue weighted by Crippen LogP contribution is 2.38. The average Bonchev–Trinajstić information content (AvgIpc) is 3.54. The second kappa shape index (κ2) is 10.3. The number of alkyl halides is 6. The number of aryl methyl sites for hydroxylation is 1. The Balaban J connectivity index is 1.76. The Hall–Kier alpha value is -4.17. The molecule has 0 bridgehead atoms. The van der Waals surface area contributed by atoms with Crippen molar-refractivity contribution >= 4 is 21.4 Å². The molecule has 0 atom stereocenters. The van der Waals surface area contributed by atoms with Crippen LogP contribution in [0.25, 0.3) is 33.8 Å². The van der Waals surface area contributed by atoms with Gasteiger partial charge in [-0.25, -0.2) is 18.1 Å². The van der Waals surface area contributed by atoms with Gasteiger partial charge in [0, 0.05) is 18.0 Å². The van der Waals surface area contributed by atoms with E-state index in [-0.39, 0.29) is 33.4 Å². The highest BCUT2D eigenvalue weighted by atomic mass is 35.5. The first-order valence-electron chi connectivity index (χ1n) is 11.9. The van der Waals surface area contributed by atoms with Crippen molar-refractivity contribution in [2.24, 2.45) is 0 Å². The molecule has 7 nitrogen and oxygen atoms in total. The largest absolute Gasteiger partial charge is 0.434 e. The predicted octanol–water partition coefficient (Wildman–Crippen LogP) is 7.19. The van der Waals surface area contributed by atoms with Crippen LogP contribution in [0.3, 0.4) is 0 Å². The third-order valence-electron chi connectivity index (χ3n) is 6.35. The Morgan fingerprint density at radius 2 is 1.52 bits per heavy atom. The van der Waals surface area contributed by atoms with E-state index in [0.717, 1.165) is 24.6 Å². The monoisotopic (exact) mass is 625 g/mol. The maximum absolute atomic E-state index is 13.6. The zero-order chi connectivity index (χ0) is 30.6. The minimum absolute atomic E-state index is 0.0251. The molecule has 0 saturated heterocycles. The summed E-state index contributed by atoms with van der Waals surface area (Å²) in [5.74, 6) is -0.0251. The van der Waals surface area contributed by atoms with Gasteiger partial charge in [-0.1, -0.05) is 41.1 Å². The van der Waals surface area contributed by atoms with Crippen LogP contribution in [0.1, 0.15) is 17.1 Å². The first kappa shape index (κ1) is 29.3. The molecule has 2 heterocycles. The number of hydrogen-bond donors (Lipinski definition) is 0. The molecule has 0 spiro atoms. The molecule has 5 rings (SSSR count). The number of aromatic nitrogens is 5. The number of hydrogen-bond acceptors (Lipinski definition) is 5. The highest BCUT2D eigenvalue weighted by Gasteiger charge is 2.35. The van der Waals surface area contributed by atoms with Crippen molar-refractivity contribution in [2.45, 2.75) is 24.2 Å². The third-order valence-corrected chi connectivity index (χ3v) is 7.79. The SMILES string of the molecule is Cc1nc(C(F)(F)F)cn1-c1ccc(-c2cccc(S(C)(=O)=O)c2)cc1-n1nncc1-c1ccc(Cl)c(C(F)(F)F)c1. The van der Waals surface area contributed by atoms with Crippen molar-refractivity contribution in [2.75, 3.05) is 6.26 Å². The molecule has 0 amide bonds. The minimum atomic E-state index is -4.76. The summed E-state index contributed by atoms with van der Waals surface area (Å²) >= 11 is 5.79. The number of rotatable bonds is 5. The van der Waals surface area contributed by atoms with Gasteiger partial charge in [-0.2, -0.15) is 26.3 Å². The summed E-state index contributed by atoms with van der Waals surface area (Å²) in [6.45, 7) is 1.36. The van der Waals surface area contributed by atoms with Crippen molar-refractivity contribution in [1.29, 1.82) is 0 Å². The molecule has 218 valence electrons. The van der Waals surface area contributed by atoms with Crippen LogP contribution in [0.4, 0.5) is 26.3 Å². The second-order valence-electron chi connectivity index (χ2n) is 9.27. The average molecular weight is 626 g/mol. The number of imidazole rings is 1. The molecule has 0 aliphatic carbocycles. The van der Waals surface area contributed by atoms with Crippen LogP contribution in [-0.2, 0) is 22.2 Å². The molecule has 15 heteroatoms. The molecule has 3 aromatic carbocycles. The summed E-state index contributed by atoms with van der Waals surface area (Å²) in [7, 11) is -3.57. The van der Waals surface area contributed by atoms with E-state index in [1.807, 2.05) is 0 Å². The number of benzene rings is 3. The Bertz CT molecular complexity index is 1930. The van der Waals surface area contributed by atoms with Gasteiger partial charge < -0.3 is 4.57 Å². The molecule has 2 aromatic heterocycles. The lowest BCUT2D eigenvalue weighted by Crippen LogP contribution is -2.09. The van der Waals surface area contributed by atoms with Crippen LogP contribution in [0.5, 0.6) is 0 Å². The van der Waals surface area contributed by atoms with Crippen molar-refractivity contribution in [3.05, 3.63) is 95.2 Å². The molecule has 0 aliphatic rings. The van der Waals surface area contributed by atoms with Gasteiger partial charge in [-0.15, -0.1) is 5.10 Å². The highest BCUT2D eigenvalue weighted by molar-refractivity contribution is 7.90. The maximum atomic E-state index is 13.6. The van der Waals surface area contributed by atoms with Gasteiger partial charge in [0.05, 0.1) is 38.7 Å². The molecule has 0 saturated carbocycles. The maximum Gasteiger partial charge on any atom is 0.434 e. The normalized spacial score (nSPS) is 12.6. The van der Waals surface area contributed by atoms with Gasteiger partial charge in [0.1, 0.15) is 5.82 Å². The minimum Gasteiger partial charge on any atom is -0.301 e. The standard InChI is InChI=1S/C27H18ClF6N5O2S/c1-15-36-25(27(32,33)34)14-38(15)22-9-7-17(16-4-3-5-19(10-16)42(2,40)41)12-23(22)39-24(13-35-37-39)18-6-8-21(28)20(11-18)26(29,30)31/h3-14H,1-2H3. The van der Waals surface area contributed by atoms with Gasteiger partial charge in [0.2, 0.25) is 0 Å². The molecule has 5 aromatic rings. The van der Waals surface area contributed by atoms with Gasteiger partial charge in [-0.05, 0) is 54.4 Å². The quantitative estimate of drug-likeness (QED) is 0.193. The molecule has 0 radical (unpaired) electrons. The summed E-state index contributed by atoms with van der Waals surface area (Å²) in [6.07, 6.45) is -6.46. The number of halogens is 7. The molecule has 0 aliphatic heterocycles. The molecular formula is C27H18ClF6N5O2S. The topological polar surface area (TPSA) is 82.7 Å². The van der Waals surface area contributed by atoms with Crippen LogP contribution in [0.15, 0.2) is 78.0 Å². The molecule has 0 fully saturated rings. The Labute approximate surface area is 239 Å². The smallest absolute Gasteiger partial charge is 0.301 e. The lowest BCUT2D eigenvalue weighted by molar-refractivity contribution is -0.141. The van der Waals surface area contributed by atoms with Crippen LogP contribution < -0.4 is 0 Å². The van der Waals surface area contributed by atoms with Gasteiger partial charge >= 0.3 is 12.4 Å². The van der Waals surface area contributed by atoms with E-state index >= 15 is 0 Å². The van der Waals surface area contributed by atoms with Crippen LogP contribution in [0.2, 0.25) is 5.02 Å². The zero-order valence-corrected chi connectivity index (χ0v) is 23.1. The lowest BCUT2D eigenvalue weighted by atomic mass is 10.0. The summed E-state index contributed by atoms with van der Waals surface area (Å²) in [6, 6.07) is 13.8. The van der Waals surface area contributed by atoms with Crippen LogP contribution in [-0.4, -0.2) is 39.2 Å². The fraction of sp³-hybridized carbons (Fsp3) is 0.148. The first-order valence-corrected chi connectivity index (χ1v) is 14.2. The van der Waals surface area contributed by atoms with Crippen molar-refractivity contribution < 1.29 is 34.8 Å². The van der Waals surface area contributed by atoms with E-state index in [9.17, 15) is 34.8 Å². The third kappa shape index (κ3) is 5.63. The van der Waals surface area contributed by atoms with Crippen molar-refractivity contribution in [1.82, 2.24) is 24.5 Å². The van der Waals surface area contributed by atoms with Crippen molar-refractivity contribution in [3.63, 3.8) is 0 Å². The number of sulfone groups is 1. The van der Waals surface area contributed by atoms with E-state index < -0.39 is 38.5 Å². The fourth-order valence-electron chi connectivity index (χ4n) is 4.35. The van der Waals surface area contributed by atoms with E-state index in [0.29, 0.717) is 11.1 Å². The van der Waals surface area contributed by atoms with Gasteiger partial charge in [0.15, 0.2) is 15.5 Å². The van der Waals surface area contributed by atoms with Crippen molar-refractivity contribution in [3.8, 4) is 33.8 Å². The fourth-order valence-corrected chi connectivity index (χ4v) is 5.24. The van der Waals surface area contributed by atoms with E-state index in [1.54, 1.807) is 12.1 Å². The van der Waals surface area contributed by atoms with Gasteiger partial charge in [-0.3, -0.25) is 0 Å². The molecular weight excluding hydrogens is 608 g/mol. The van der Waals surface area contributed by atoms with E-state index in [2.05, 4.69) is 15.3 Å². The predicted molar refractivity (Wildman–Crippen MR) is 142 cm³/mol. The Morgan fingerprint density at radius 1 is 0.833 bits per heavy atom. The van der Waals surface area contributed by atoms with Gasteiger partial charge in [0.25, 0.3) is 0 Å². The molecule has 42 heavy (non-hydrogen) atoms. The van der Waals surface area contributed by atoms with Crippen LogP contribution in [0, 0.1) is 6.92 Å². The second-order valence-corrected chi connectivity index (χ2v) is 11.7. The number of nitrogens with zero attached hydrogens (tertiary/aromatic N) is 5. The summed E-state index contributed by atoms with van der Waals surface area (Å²) in [5, 5.41) is 7.37. The Morgan fingerprint density at radius 3 is 2.17 bits per heavy atom. The zero-order valence-electron chi connectivity index (χ0n) is 21.5. The van der Waals surface area contributed by atoms with Crippen LogP contribution >= 0.6 is 11.6 Å². The summed E-state index contributed by atoms with van der Waals surface area (Å²) < 4.78 is 108. The Kier molecular flexibility index (Phi) is 7.18. The van der Waals surface area contributed by atoms with E-state index in [1.165, 1.54) is 58.8 Å². The molecule has 0 unspecified atom stereocenters. The first-order chi connectivity index (χ1) is 19.5. The summed E-state index contributed by atoms with van der Waals surface area (Å²) in [5.41, 5.74) is -0.959. The molecule has 0 N–H and O–H groups in total. The summed E-state index contributed by atoms with van der Waals surface area (Å²) in [4.78, 5) is 3.65. The van der Waals surface area contributed by atoms with E-state index in [4.69, 9.17) is 11.6 Å².